The maximum Gasteiger partial charge on any atom is 0.401 e. The van der Waals surface area contributed by atoms with Gasteiger partial charge < -0.3 is 9.47 Å². The first-order valence-corrected chi connectivity index (χ1v) is 15.4. The zero-order valence-electron chi connectivity index (χ0n) is 24.4. The molecule has 0 saturated carbocycles. The van der Waals surface area contributed by atoms with E-state index in [9.17, 15) is 0 Å². The largest absolute Gasteiger partial charge is 0.456 e. The number of para-hydroxylation sites is 1. The summed E-state index contributed by atoms with van der Waals surface area (Å²) in [4.78, 5) is 0. The Hall–Kier alpha value is -5.88. The van der Waals surface area contributed by atoms with Gasteiger partial charge in [-0.2, -0.15) is 4.57 Å². The molecule has 0 saturated heterocycles. The van der Waals surface area contributed by atoms with Crippen LogP contribution in [0.3, 0.4) is 0 Å². The molecule has 6 nitrogen and oxygen atoms in total. The fourth-order valence-corrected chi connectivity index (χ4v) is 8.41. The molecule has 0 radical (unpaired) electrons. The Morgan fingerprint density at radius 2 is 1.29 bits per heavy atom. The van der Waals surface area contributed by atoms with Crippen molar-refractivity contribution >= 4 is 33.5 Å². The first kappa shape index (κ1) is 23.6. The summed E-state index contributed by atoms with van der Waals surface area (Å²) < 4.78 is 21.0. The smallest absolute Gasteiger partial charge is 0.401 e. The normalized spacial score (nSPS) is 19.8. The Labute approximate surface area is 258 Å². The second-order valence-corrected chi connectivity index (χ2v) is 12.2. The van der Waals surface area contributed by atoms with Crippen LogP contribution in [0.5, 0.6) is 11.5 Å². The highest BCUT2D eigenvalue weighted by molar-refractivity contribution is 6.07. The molecule has 2 atom stereocenters. The number of aromatic nitrogens is 2. The van der Waals surface area contributed by atoms with Crippen molar-refractivity contribution in [3.63, 3.8) is 0 Å². The minimum Gasteiger partial charge on any atom is -0.456 e. The van der Waals surface area contributed by atoms with E-state index in [1.807, 2.05) is 6.07 Å². The lowest BCUT2D eigenvalue weighted by Crippen LogP contribution is -2.67. The average Bonchev–Trinajstić information content (AvgIpc) is 3.72. The number of rotatable bonds is 2. The molecule has 0 amide bonds. The number of hydrogen-bond donors (Lipinski definition) is 0. The van der Waals surface area contributed by atoms with Crippen LogP contribution in [0.2, 0.25) is 0 Å². The minimum absolute atomic E-state index is 0.381. The second-order valence-electron chi connectivity index (χ2n) is 12.2. The molecule has 11 rings (SSSR count). The van der Waals surface area contributed by atoms with Gasteiger partial charge in [0.25, 0.3) is 11.9 Å². The van der Waals surface area contributed by atoms with Crippen molar-refractivity contribution < 1.29 is 18.7 Å². The molecule has 4 aliphatic rings. The van der Waals surface area contributed by atoms with E-state index in [2.05, 4.69) is 153 Å². The lowest BCUT2D eigenvalue weighted by atomic mass is 9.77. The SMILES string of the molecule is C[N+]1=C(c2ccc(-c3ccccc3)cc2)OC2N1c1cccc3c1C21c2c(cccc2-n2c4ccccc4c4ccc[n+]1c42)O3. The predicted octanol–water partition coefficient (Wildman–Crippen LogP) is 7.13. The van der Waals surface area contributed by atoms with Crippen LogP contribution in [-0.2, 0) is 10.3 Å². The summed E-state index contributed by atoms with van der Waals surface area (Å²) in [6.07, 6.45) is 1.84. The van der Waals surface area contributed by atoms with Crippen LogP contribution < -0.4 is 14.3 Å². The maximum absolute atomic E-state index is 7.25. The highest BCUT2D eigenvalue weighted by Crippen LogP contribution is 2.61. The fourth-order valence-electron chi connectivity index (χ4n) is 8.41. The van der Waals surface area contributed by atoms with Gasteiger partial charge in [0.05, 0.1) is 22.7 Å². The molecule has 0 N–H and O–H groups in total. The van der Waals surface area contributed by atoms with Crippen LogP contribution in [0.15, 0.2) is 134 Å². The molecule has 0 fully saturated rings. The van der Waals surface area contributed by atoms with Crippen LogP contribution in [0, 0.1) is 0 Å². The molecule has 45 heavy (non-hydrogen) atoms. The first-order valence-electron chi connectivity index (χ1n) is 15.4. The zero-order chi connectivity index (χ0) is 29.4. The molecule has 6 heteroatoms. The molecule has 212 valence electrons. The molecular weight excluding hydrogens is 556 g/mol. The number of nitrogens with zero attached hydrogens (tertiary/aromatic N) is 4. The summed E-state index contributed by atoms with van der Waals surface area (Å²) in [5, 5.41) is 4.77. The van der Waals surface area contributed by atoms with Gasteiger partial charge in [0.15, 0.2) is 7.05 Å². The monoisotopic (exact) mass is 582 g/mol. The van der Waals surface area contributed by atoms with Crippen LogP contribution in [0.1, 0.15) is 16.7 Å². The third-order valence-corrected chi connectivity index (χ3v) is 10.1. The Morgan fingerprint density at radius 1 is 0.622 bits per heavy atom. The van der Waals surface area contributed by atoms with Gasteiger partial charge in [0.1, 0.15) is 34.0 Å². The van der Waals surface area contributed by atoms with E-state index in [1.165, 1.54) is 27.4 Å². The number of fused-ring (bicyclic) bond motifs is 6. The summed E-state index contributed by atoms with van der Waals surface area (Å²) in [5.41, 5.74) is 9.52. The van der Waals surface area contributed by atoms with Crippen LogP contribution >= 0.6 is 0 Å². The molecule has 4 aliphatic heterocycles. The molecule has 5 aromatic carbocycles. The third kappa shape index (κ3) is 2.65. The molecule has 7 aromatic rings. The van der Waals surface area contributed by atoms with Crippen LogP contribution in [0.4, 0.5) is 5.69 Å². The number of benzene rings is 5. The predicted molar refractivity (Wildman–Crippen MR) is 173 cm³/mol. The van der Waals surface area contributed by atoms with Crippen molar-refractivity contribution in [2.24, 2.45) is 0 Å². The van der Waals surface area contributed by atoms with Crippen molar-refractivity contribution in [3.8, 4) is 28.3 Å². The van der Waals surface area contributed by atoms with Gasteiger partial charge in [0.2, 0.25) is 5.54 Å². The Kier molecular flexibility index (Phi) is 4.18. The number of anilines is 1. The molecule has 6 heterocycles. The topological polar surface area (TPSA) is 33.5 Å². The quantitative estimate of drug-likeness (QED) is 0.204. The number of hydrazine groups is 1. The summed E-state index contributed by atoms with van der Waals surface area (Å²) in [6.45, 7) is 0. The highest BCUT2D eigenvalue weighted by atomic mass is 16.5. The second kappa shape index (κ2) is 7.98. The number of pyridine rings is 1. The molecular formula is C39H26N4O2+2. The number of hydrazone groups is 1. The third-order valence-electron chi connectivity index (χ3n) is 10.1. The van der Waals surface area contributed by atoms with Crippen molar-refractivity contribution in [1.29, 1.82) is 0 Å². The van der Waals surface area contributed by atoms with E-state index in [0.717, 1.165) is 51.1 Å². The average molecular weight is 583 g/mol. The van der Waals surface area contributed by atoms with Crippen LogP contribution in [-0.4, -0.2) is 28.4 Å². The van der Waals surface area contributed by atoms with E-state index in [1.54, 1.807) is 0 Å². The summed E-state index contributed by atoms with van der Waals surface area (Å²) in [6, 6.07) is 45.1. The first-order chi connectivity index (χ1) is 22.2. The van der Waals surface area contributed by atoms with Crippen LogP contribution in [0.25, 0.3) is 38.8 Å². The van der Waals surface area contributed by atoms with Gasteiger partial charge in [-0.15, -0.1) is 5.01 Å². The summed E-state index contributed by atoms with van der Waals surface area (Å²) >= 11 is 0. The van der Waals surface area contributed by atoms with E-state index < -0.39 is 5.54 Å². The standard InChI is InChI=1S/C39H26N4O2/c1-40-37(26-21-19-25(20-22-26)24-10-3-2-4-11-24)45-38-39-34-30(15-7-17-32(34)44-33-18-8-16-31(35(33)39)43(38)40)42-29-14-6-5-12-27(29)28-13-9-23-41(39)36(28)42/h2-23,38H,1H3/q+2. The molecule has 1 spiro atoms. The Morgan fingerprint density at radius 3 is 2.11 bits per heavy atom. The summed E-state index contributed by atoms with van der Waals surface area (Å²) in [7, 11) is 2.10. The van der Waals surface area contributed by atoms with E-state index in [0.29, 0.717) is 0 Å². The van der Waals surface area contributed by atoms with E-state index >= 15 is 0 Å². The molecule has 2 unspecified atom stereocenters. The Bertz CT molecular complexity index is 2460. The molecule has 2 aromatic heterocycles. The van der Waals surface area contributed by atoms with E-state index in [-0.39, 0.29) is 6.23 Å². The van der Waals surface area contributed by atoms with Gasteiger partial charge in [0, 0.05) is 5.39 Å². The highest BCUT2D eigenvalue weighted by Gasteiger charge is 2.72. The van der Waals surface area contributed by atoms with Gasteiger partial charge in [-0.25, -0.2) is 4.57 Å². The van der Waals surface area contributed by atoms with Crippen molar-refractivity contribution in [2.45, 2.75) is 11.8 Å². The summed E-state index contributed by atoms with van der Waals surface area (Å²) in [5.74, 6) is 2.56. The van der Waals surface area contributed by atoms with E-state index in [4.69, 9.17) is 9.47 Å². The van der Waals surface area contributed by atoms with Gasteiger partial charge in [-0.05, 0) is 71.8 Å². The molecule has 0 bridgehead atoms. The van der Waals surface area contributed by atoms with Gasteiger partial charge in [-0.3, -0.25) is 0 Å². The Balaban J connectivity index is 1.20. The lowest BCUT2D eigenvalue weighted by molar-refractivity contribution is -0.732. The fraction of sp³-hybridized carbons (Fsp3) is 0.0769. The molecule has 0 aliphatic carbocycles. The van der Waals surface area contributed by atoms with Crippen molar-refractivity contribution in [1.82, 2.24) is 4.57 Å². The number of ether oxygens (including phenoxy) is 2. The van der Waals surface area contributed by atoms with Crippen molar-refractivity contribution in [3.05, 3.63) is 150 Å². The minimum atomic E-state index is -0.694. The zero-order valence-corrected chi connectivity index (χ0v) is 24.4. The number of hydrogen-bond acceptors (Lipinski definition) is 3. The lowest BCUT2D eigenvalue weighted by Gasteiger charge is -2.39. The van der Waals surface area contributed by atoms with Gasteiger partial charge >= 0.3 is 5.90 Å². The maximum atomic E-state index is 7.25. The van der Waals surface area contributed by atoms with Crippen molar-refractivity contribution in [2.75, 3.05) is 12.1 Å². The van der Waals surface area contributed by atoms with Gasteiger partial charge in [-0.1, -0.05) is 71.4 Å².